The van der Waals surface area contributed by atoms with Crippen molar-refractivity contribution in [2.24, 2.45) is 0 Å². The van der Waals surface area contributed by atoms with Crippen LogP contribution < -0.4 is 5.32 Å². The molecule has 0 spiro atoms. The van der Waals surface area contributed by atoms with Gasteiger partial charge in [0.15, 0.2) is 5.11 Å². The number of carbonyl (C=O) groups excluding carboxylic acids is 1. The lowest BCUT2D eigenvalue weighted by Gasteiger charge is -2.28. The molecule has 34 heavy (non-hydrogen) atoms. The first-order valence-electron chi connectivity index (χ1n) is 12.0. The van der Waals surface area contributed by atoms with E-state index in [0.717, 1.165) is 51.5 Å². The van der Waals surface area contributed by atoms with Crippen LogP contribution in [0.25, 0.3) is 0 Å². The van der Waals surface area contributed by atoms with E-state index in [2.05, 4.69) is 44.6 Å². The predicted octanol–water partition coefficient (Wildman–Crippen LogP) is 2.76. The Morgan fingerprint density at radius 2 is 2.03 bits per heavy atom. The van der Waals surface area contributed by atoms with Gasteiger partial charge in [-0.25, -0.2) is 0 Å². The molecular weight excluding hydrogens is 450 g/mol. The van der Waals surface area contributed by atoms with Gasteiger partial charge in [-0.15, -0.1) is 0 Å². The van der Waals surface area contributed by atoms with E-state index in [1.807, 2.05) is 24.4 Å². The Morgan fingerprint density at radius 1 is 1.24 bits per heavy atom. The molecule has 0 saturated carbocycles. The van der Waals surface area contributed by atoms with Crippen LogP contribution in [0.2, 0.25) is 0 Å². The van der Waals surface area contributed by atoms with Gasteiger partial charge in [-0.3, -0.25) is 14.7 Å². The summed E-state index contributed by atoms with van der Waals surface area (Å²) >= 11 is 5.72. The molecule has 1 N–H and O–H groups in total. The Labute approximate surface area is 207 Å². The first kappa shape index (κ1) is 24.6. The molecule has 0 aromatic carbocycles. The highest BCUT2D eigenvalue weighted by Gasteiger charge is 2.41. The average molecular weight is 486 g/mol. The van der Waals surface area contributed by atoms with E-state index in [1.54, 1.807) is 0 Å². The Hall–Kier alpha value is -2.49. The molecule has 4 rings (SSSR count). The van der Waals surface area contributed by atoms with E-state index in [9.17, 15) is 4.79 Å². The predicted molar refractivity (Wildman–Crippen MR) is 135 cm³/mol. The van der Waals surface area contributed by atoms with Crippen LogP contribution in [-0.2, 0) is 20.8 Å². The standard InChI is InChI=1S/C25H35N5O3S/c1-18-17-20(19(2)29(18)11-6-10-28-13-15-33-16-14-28)24-23(21-7-4-5-9-26-21)27-25(34)30(24)12-8-22(31)32-3/h4-5,7,9,17,23-24H,6,8,10-16H2,1-3H3,(H,27,34)/t23-,24-/m0/s1. The Morgan fingerprint density at radius 3 is 2.74 bits per heavy atom. The lowest BCUT2D eigenvalue weighted by molar-refractivity contribution is -0.140. The zero-order valence-corrected chi connectivity index (χ0v) is 21.1. The van der Waals surface area contributed by atoms with Crippen molar-refractivity contribution in [2.75, 3.05) is 46.5 Å². The third-order valence-corrected chi connectivity index (χ3v) is 7.23. The van der Waals surface area contributed by atoms with E-state index in [-0.39, 0.29) is 24.5 Å². The fourth-order valence-corrected chi connectivity index (χ4v) is 5.38. The highest BCUT2D eigenvalue weighted by atomic mass is 32.1. The molecule has 4 heterocycles. The summed E-state index contributed by atoms with van der Waals surface area (Å²) in [4.78, 5) is 21.1. The molecule has 0 radical (unpaired) electrons. The number of rotatable bonds is 9. The number of nitrogens with zero attached hydrogens (tertiary/aromatic N) is 4. The molecule has 2 aliphatic heterocycles. The molecular formula is C25H35N5O3S. The van der Waals surface area contributed by atoms with Gasteiger partial charge in [-0.2, -0.15) is 0 Å². The molecule has 8 nitrogen and oxygen atoms in total. The summed E-state index contributed by atoms with van der Waals surface area (Å²) in [5.41, 5.74) is 4.63. The van der Waals surface area contributed by atoms with E-state index >= 15 is 0 Å². The number of esters is 1. The number of pyridine rings is 1. The van der Waals surface area contributed by atoms with Crippen LogP contribution in [0.15, 0.2) is 30.5 Å². The molecule has 2 saturated heterocycles. The number of hydrogen-bond acceptors (Lipinski definition) is 6. The number of nitrogens with one attached hydrogen (secondary N) is 1. The zero-order chi connectivity index (χ0) is 24.1. The number of aromatic nitrogens is 2. The smallest absolute Gasteiger partial charge is 0.307 e. The van der Waals surface area contributed by atoms with Crippen LogP contribution in [0, 0.1) is 13.8 Å². The first-order valence-corrected chi connectivity index (χ1v) is 12.4. The molecule has 2 fully saturated rings. The van der Waals surface area contributed by atoms with Crippen molar-refractivity contribution in [1.82, 2.24) is 24.7 Å². The molecule has 2 aromatic heterocycles. The average Bonchev–Trinajstić information content (AvgIpc) is 3.33. The maximum atomic E-state index is 11.9. The minimum Gasteiger partial charge on any atom is -0.469 e. The lowest BCUT2D eigenvalue weighted by Crippen LogP contribution is -2.37. The van der Waals surface area contributed by atoms with Crippen molar-refractivity contribution in [3.63, 3.8) is 0 Å². The zero-order valence-electron chi connectivity index (χ0n) is 20.3. The largest absolute Gasteiger partial charge is 0.469 e. The van der Waals surface area contributed by atoms with Gasteiger partial charge in [-0.05, 0) is 56.2 Å². The van der Waals surface area contributed by atoms with Crippen molar-refractivity contribution in [2.45, 2.75) is 45.3 Å². The van der Waals surface area contributed by atoms with Crippen molar-refractivity contribution in [1.29, 1.82) is 0 Å². The summed E-state index contributed by atoms with van der Waals surface area (Å²) in [7, 11) is 1.42. The van der Waals surface area contributed by atoms with Crippen molar-refractivity contribution >= 4 is 23.3 Å². The van der Waals surface area contributed by atoms with Gasteiger partial charge in [-0.1, -0.05) is 6.07 Å². The minimum atomic E-state index is -0.239. The summed E-state index contributed by atoms with van der Waals surface area (Å²) < 4.78 is 12.8. The number of thiocarbonyl (C=S) groups is 1. The van der Waals surface area contributed by atoms with Gasteiger partial charge >= 0.3 is 5.97 Å². The van der Waals surface area contributed by atoms with Crippen molar-refractivity contribution < 1.29 is 14.3 Å². The van der Waals surface area contributed by atoms with Gasteiger partial charge in [0.05, 0.1) is 44.5 Å². The van der Waals surface area contributed by atoms with Gasteiger partial charge < -0.3 is 24.3 Å². The molecule has 184 valence electrons. The SMILES string of the molecule is COC(=O)CCN1C(=S)N[C@@H](c2ccccn2)[C@@H]1c1cc(C)n(CCCN2CCOCC2)c1C. The van der Waals surface area contributed by atoms with E-state index in [1.165, 1.54) is 24.1 Å². The maximum Gasteiger partial charge on any atom is 0.307 e. The molecule has 2 aliphatic rings. The number of hydrogen-bond donors (Lipinski definition) is 1. The van der Waals surface area contributed by atoms with Crippen molar-refractivity contribution in [3.8, 4) is 0 Å². The van der Waals surface area contributed by atoms with E-state index in [4.69, 9.17) is 21.7 Å². The summed E-state index contributed by atoms with van der Waals surface area (Å²) in [6.45, 7) is 10.6. The quantitative estimate of drug-likeness (QED) is 0.430. The number of morpholine rings is 1. The minimum absolute atomic E-state index is 0.0498. The topological polar surface area (TPSA) is 71.9 Å². The molecule has 2 aromatic rings. The van der Waals surface area contributed by atoms with E-state index < -0.39 is 0 Å². The summed E-state index contributed by atoms with van der Waals surface area (Å²) in [5, 5.41) is 4.11. The number of methoxy groups -OCH3 is 1. The molecule has 2 atom stereocenters. The van der Waals surface area contributed by atoms with Crippen LogP contribution in [0.5, 0.6) is 0 Å². The van der Waals surface area contributed by atoms with Crippen molar-refractivity contribution in [3.05, 3.63) is 53.1 Å². The number of aryl methyl sites for hydroxylation is 1. The van der Waals surface area contributed by atoms with Gasteiger partial charge in [0, 0.05) is 50.3 Å². The second-order valence-corrected chi connectivity index (χ2v) is 9.32. The Kier molecular flexibility index (Phi) is 8.18. The van der Waals surface area contributed by atoms with Gasteiger partial charge in [0.1, 0.15) is 0 Å². The second-order valence-electron chi connectivity index (χ2n) is 8.93. The molecule has 0 amide bonds. The van der Waals surface area contributed by atoms with Crippen LogP contribution >= 0.6 is 12.2 Å². The Bertz CT molecular complexity index is 990. The van der Waals surface area contributed by atoms with Crippen LogP contribution in [0.4, 0.5) is 0 Å². The lowest BCUT2D eigenvalue weighted by atomic mass is 9.96. The highest BCUT2D eigenvalue weighted by Crippen LogP contribution is 2.40. The molecule has 9 heteroatoms. The highest BCUT2D eigenvalue weighted by molar-refractivity contribution is 7.80. The van der Waals surface area contributed by atoms with Crippen LogP contribution in [0.3, 0.4) is 0 Å². The fraction of sp³-hybridized carbons (Fsp3) is 0.560. The number of ether oxygens (including phenoxy) is 2. The first-order chi connectivity index (χ1) is 16.5. The summed E-state index contributed by atoms with van der Waals surface area (Å²) in [6.07, 6.45) is 3.18. The fourth-order valence-electron chi connectivity index (χ4n) is 5.05. The molecule has 0 unspecified atom stereocenters. The summed E-state index contributed by atoms with van der Waals surface area (Å²) in [5.74, 6) is -0.239. The van der Waals surface area contributed by atoms with Crippen LogP contribution in [-0.4, -0.2) is 76.9 Å². The van der Waals surface area contributed by atoms with Gasteiger partial charge in [0.25, 0.3) is 0 Å². The van der Waals surface area contributed by atoms with Gasteiger partial charge in [0.2, 0.25) is 0 Å². The normalized spacial score (nSPS) is 21.0. The van der Waals surface area contributed by atoms with Crippen LogP contribution in [0.1, 0.15) is 47.6 Å². The Balaban J connectivity index is 1.57. The third-order valence-electron chi connectivity index (χ3n) is 6.87. The second kappa shape index (κ2) is 11.3. The molecule has 0 aliphatic carbocycles. The number of carbonyl (C=O) groups is 1. The third kappa shape index (κ3) is 5.42. The maximum absolute atomic E-state index is 11.9. The summed E-state index contributed by atoms with van der Waals surface area (Å²) in [6, 6.07) is 8.07. The molecule has 0 bridgehead atoms. The monoisotopic (exact) mass is 485 g/mol. The van der Waals surface area contributed by atoms with E-state index in [0.29, 0.717) is 11.7 Å².